The molecule has 1 heterocycles. The first-order chi connectivity index (χ1) is 9.87. The van der Waals surface area contributed by atoms with Crippen LogP contribution in [-0.4, -0.2) is 16.7 Å². The topological polar surface area (TPSA) is 51.2 Å². The summed E-state index contributed by atoms with van der Waals surface area (Å²) in [6, 6.07) is 9.63. The van der Waals surface area contributed by atoms with Gasteiger partial charge in [-0.3, -0.25) is 10.3 Å². The highest BCUT2D eigenvalue weighted by atomic mass is 19.1. The number of benzene rings is 1. The summed E-state index contributed by atoms with van der Waals surface area (Å²) in [5.74, 6) is -0.456. The highest BCUT2D eigenvalue weighted by molar-refractivity contribution is 5.91. The van der Waals surface area contributed by atoms with Crippen LogP contribution in [0.3, 0.4) is 0 Å². The van der Waals surface area contributed by atoms with E-state index in [0.29, 0.717) is 11.4 Å². The van der Waals surface area contributed by atoms with Crippen molar-refractivity contribution < 1.29 is 13.9 Å². The Morgan fingerprint density at radius 3 is 2.57 bits per heavy atom. The maximum absolute atomic E-state index is 14.1. The molecule has 21 heavy (non-hydrogen) atoms. The molecule has 0 aliphatic rings. The van der Waals surface area contributed by atoms with Crippen LogP contribution in [0.2, 0.25) is 0 Å². The van der Waals surface area contributed by atoms with E-state index in [1.165, 1.54) is 12.1 Å². The van der Waals surface area contributed by atoms with Gasteiger partial charge in [0.2, 0.25) is 0 Å². The fourth-order valence-corrected chi connectivity index (χ4v) is 1.81. The molecule has 0 atom stereocenters. The van der Waals surface area contributed by atoms with Crippen LogP contribution in [0.4, 0.5) is 14.9 Å². The number of aromatic nitrogens is 1. The Hall–Kier alpha value is -2.43. The summed E-state index contributed by atoms with van der Waals surface area (Å²) in [6.07, 6.45) is 0.934. The Kier molecular flexibility index (Phi) is 4.21. The Balaban J connectivity index is 2.33. The van der Waals surface area contributed by atoms with E-state index in [9.17, 15) is 9.18 Å². The quantitative estimate of drug-likeness (QED) is 0.899. The summed E-state index contributed by atoms with van der Waals surface area (Å²) in [7, 11) is 0. The molecular formula is C16H17FN2O2. The zero-order valence-electron chi connectivity index (χ0n) is 12.2. The largest absolute Gasteiger partial charge is 0.444 e. The summed E-state index contributed by atoms with van der Waals surface area (Å²) in [6.45, 7) is 5.29. The van der Waals surface area contributed by atoms with E-state index in [0.717, 1.165) is 0 Å². The van der Waals surface area contributed by atoms with E-state index in [-0.39, 0.29) is 5.56 Å². The summed E-state index contributed by atoms with van der Waals surface area (Å²) in [5.41, 5.74) is 0.385. The zero-order chi connectivity index (χ0) is 15.5. The predicted octanol–water partition coefficient (Wildman–Crippen LogP) is 4.23. The molecule has 0 radical (unpaired) electrons. The molecule has 4 nitrogen and oxygen atoms in total. The fraction of sp³-hybridized carbons (Fsp3) is 0.250. The second kappa shape index (κ2) is 5.91. The van der Waals surface area contributed by atoms with Gasteiger partial charge in [-0.1, -0.05) is 12.1 Å². The lowest BCUT2D eigenvalue weighted by atomic mass is 10.1. The fourth-order valence-electron chi connectivity index (χ4n) is 1.81. The molecule has 0 spiro atoms. The van der Waals surface area contributed by atoms with Crippen molar-refractivity contribution in [1.29, 1.82) is 0 Å². The first-order valence-electron chi connectivity index (χ1n) is 6.57. The molecule has 1 aromatic carbocycles. The molecule has 0 saturated carbocycles. The number of carbonyl (C=O) groups is 1. The number of halogens is 1. The smallest absolute Gasteiger partial charge is 0.412 e. The van der Waals surface area contributed by atoms with Crippen LogP contribution in [0.1, 0.15) is 20.8 Å². The number of hydrogen-bond acceptors (Lipinski definition) is 3. The van der Waals surface area contributed by atoms with Crippen molar-refractivity contribution >= 4 is 11.8 Å². The van der Waals surface area contributed by atoms with Crippen molar-refractivity contribution in [1.82, 2.24) is 4.98 Å². The molecule has 1 N–H and O–H groups in total. The molecule has 0 saturated heterocycles. The van der Waals surface area contributed by atoms with E-state index >= 15 is 0 Å². The molecule has 0 aliphatic heterocycles. The van der Waals surface area contributed by atoms with Gasteiger partial charge in [-0.05, 0) is 45.0 Å². The minimum absolute atomic E-state index is 0.240. The van der Waals surface area contributed by atoms with Crippen molar-refractivity contribution in [2.24, 2.45) is 0 Å². The van der Waals surface area contributed by atoms with Crippen molar-refractivity contribution in [2.45, 2.75) is 26.4 Å². The van der Waals surface area contributed by atoms with Gasteiger partial charge in [0.05, 0.1) is 16.9 Å². The minimum Gasteiger partial charge on any atom is -0.444 e. The zero-order valence-corrected chi connectivity index (χ0v) is 12.2. The molecule has 1 aromatic heterocycles. The molecule has 2 rings (SSSR count). The highest BCUT2D eigenvalue weighted by Gasteiger charge is 2.19. The van der Waals surface area contributed by atoms with Gasteiger partial charge in [0, 0.05) is 6.20 Å². The van der Waals surface area contributed by atoms with Crippen LogP contribution >= 0.6 is 0 Å². The number of ether oxygens (including phenoxy) is 1. The Labute approximate surface area is 123 Å². The Morgan fingerprint density at radius 1 is 1.19 bits per heavy atom. The molecule has 1 amide bonds. The number of carbonyl (C=O) groups excluding carboxylic acids is 1. The normalized spacial score (nSPS) is 11.0. The molecule has 110 valence electrons. The molecule has 5 heteroatoms. The number of amides is 1. The molecule has 0 aliphatic carbocycles. The Bertz CT molecular complexity index is 636. The average Bonchev–Trinajstić information content (AvgIpc) is 2.37. The molecule has 0 bridgehead atoms. The lowest BCUT2D eigenvalue weighted by Gasteiger charge is -2.20. The lowest BCUT2D eigenvalue weighted by Crippen LogP contribution is -2.27. The van der Waals surface area contributed by atoms with Crippen molar-refractivity contribution in [3.05, 3.63) is 48.4 Å². The van der Waals surface area contributed by atoms with Gasteiger partial charge in [-0.25, -0.2) is 9.18 Å². The van der Waals surface area contributed by atoms with E-state index < -0.39 is 17.5 Å². The molecule has 0 unspecified atom stereocenters. The number of pyridine rings is 1. The van der Waals surface area contributed by atoms with E-state index in [2.05, 4.69) is 10.3 Å². The van der Waals surface area contributed by atoms with Crippen molar-refractivity contribution in [3.63, 3.8) is 0 Å². The molecule has 2 aromatic rings. The van der Waals surface area contributed by atoms with Crippen LogP contribution in [0.5, 0.6) is 0 Å². The minimum atomic E-state index is -0.634. The van der Waals surface area contributed by atoms with Crippen LogP contribution < -0.4 is 5.32 Å². The average molecular weight is 288 g/mol. The number of rotatable bonds is 2. The first kappa shape index (κ1) is 15.0. The SMILES string of the molecule is CC(C)(C)OC(=O)Nc1cccc(F)c1-c1ccccn1. The standard InChI is InChI=1S/C16H17FN2O2/c1-16(2,3)21-15(20)19-13-9-6-7-11(17)14(13)12-8-4-5-10-18-12/h4-10H,1-3H3,(H,19,20). The monoisotopic (exact) mass is 288 g/mol. The highest BCUT2D eigenvalue weighted by Crippen LogP contribution is 2.29. The summed E-state index contributed by atoms with van der Waals surface area (Å²) < 4.78 is 19.3. The lowest BCUT2D eigenvalue weighted by molar-refractivity contribution is 0.0636. The number of hydrogen-bond donors (Lipinski definition) is 1. The third-order valence-electron chi connectivity index (χ3n) is 2.57. The van der Waals surface area contributed by atoms with Gasteiger partial charge >= 0.3 is 6.09 Å². The first-order valence-corrected chi connectivity index (χ1v) is 6.57. The summed E-state index contributed by atoms with van der Waals surface area (Å²) >= 11 is 0. The maximum Gasteiger partial charge on any atom is 0.412 e. The number of anilines is 1. The second-order valence-electron chi connectivity index (χ2n) is 5.50. The number of nitrogens with one attached hydrogen (secondary N) is 1. The second-order valence-corrected chi connectivity index (χ2v) is 5.50. The van der Waals surface area contributed by atoms with Crippen molar-refractivity contribution in [3.8, 4) is 11.3 Å². The van der Waals surface area contributed by atoms with E-state index in [4.69, 9.17) is 4.74 Å². The maximum atomic E-state index is 14.1. The van der Waals surface area contributed by atoms with Gasteiger partial charge < -0.3 is 4.74 Å². The van der Waals surface area contributed by atoms with Crippen LogP contribution in [0.15, 0.2) is 42.6 Å². The van der Waals surface area contributed by atoms with Gasteiger partial charge in [0.25, 0.3) is 0 Å². The summed E-state index contributed by atoms with van der Waals surface area (Å²) in [5, 5.41) is 2.57. The van der Waals surface area contributed by atoms with E-state index in [1.807, 2.05) is 0 Å². The van der Waals surface area contributed by atoms with Gasteiger partial charge in [-0.2, -0.15) is 0 Å². The Morgan fingerprint density at radius 2 is 1.95 bits per heavy atom. The van der Waals surface area contributed by atoms with Gasteiger partial charge in [0.1, 0.15) is 11.4 Å². The van der Waals surface area contributed by atoms with Crippen LogP contribution in [-0.2, 0) is 4.74 Å². The third-order valence-corrected chi connectivity index (χ3v) is 2.57. The molecular weight excluding hydrogens is 271 g/mol. The van der Waals surface area contributed by atoms with E-state index in [1.54, 1.807) is 51.2 Å². The van der Waals surface area contributed by atoms with Crippen LogP contribution in [0, 0.1) is 5.82 Å². The number of nitrogens with zero attached hydrogens (tertiary/aromatic N) is 1. The van der Waals surface area contributed by atoms with Crippen LogP contribution in [0.25, 0.3) is 11.3 Å². The van der Waals surface area contributed by atoms with Crippen molar-refractivity contribution in [2.75, 3.05) is 5.32 Å². The predicted molar refractivity (Wildman–Crippen MR) is 79.5 cm³/mol. The third kappa shape index (κ3) is 4.02. The van der Waals surface area contributed by atoms with Gasteiger partial charge in [0.15, 0.2) is 0 Å². The van der Waals surface area contributed by atoms with Gasteiger partial charge in [-0.15, -0.1) is 0 Å². The summed E-state index contributed by atoms with van der Waals surface area (Å²) in [4.78, 5) is 16.0. The molecule has 0 fully saturated rings.